The highest BCUT2D eigenvalue weighted by molar-refractivity contribution is 5.94. The van der Waals surface area contributed by atoms with Crippen molar-refractivity contribution in [3.8, 4) is 5.69 Å². The van der Waals surface area contributed by atoms with Crippen molar-refractivity contribution in [2.75, 3.05) is 13.1 Å². The number of aromatic amines is 1. The van der Waals surface area contributed by atoms with Crippen LogP contribution < -0.4 is 5.69 Å². The average molecular weight is 431 g/mol. The molecule has 0 spiro atoms. The zero-order valence-electron chi connectivity index (χ0n) is 17.4. The molecule has 4 aromatic rings. The minimum Gasteiger partial charge on any atom is -0.337 e. The monoisotopic (exact) mass is 431 g/mol. The molecule has 0 atom stereocenters. The van der Waals surface area contributed by atoms with Crippen LogP contribution in [0.5, 0.6) is 0 Å². The molecule has 0 aliphatic carbocycles. The van der Waals surface area contributed by atoms with Crippen molar-refractivity contribution in [3.05, 3.63) is 88.5 Å². The van der Waals surface area contributed by atoms with Gasteiger partial charge in [-0.15, -0.1) is 0 Å². The lowest BCUT2D eigenvalue weighted by atomic mass is 9.93. The quantitative estimate of drug-likeness (QED) is 0.537. The van der Waals surface area contributed by atoms with Crippen LogP contribution in [0.25, 0.3) is 16.6 Å². The van der Waals surface area contributed by atoms with Crippen LogP contribution in [-0.2, 0) is 6.42 Å². The molecule has 32 heavy (non-hydrogen) atoms. The average Bonchev–Trinajstić information content (AvgIpc) is 3.18. The van der Waals surface area contributed by atoms with Gasteiger partial charge in [0.1, 0.15) is 17.3 Å². The van der Waals surface area contributed by atoms with Gasteiger partial charge in [-0.05, 0) is 43.0 Å². The van der Waals surface area contributed by atoms with Crippen LogP contribution in [0.4, 0.5) is 4.39 Å². The van der Waals surface area contributed by atoms with Crippen molar-refractivity contribution < 1.29 is 9.18 Å². The van der Waals surface area contributed by atoms with Crippen molar-refractivity contribution in [1.29, 1.82) is 0 Å². The molecule has 162 valence electrons. The Hall–Kier alpha value is -3.81. The van der Waals surface area contributed by atoms with Gasteiger partial charge in [0, 0.05) is 24.9 Å². The topological polar surface area (TPSA) is 83.9 Å². The number of pyridine rings is 1. The van der Waals surface area contributed by atoms with E-state index in [0.717, 1.165) is 23.7 Å². The number of nitrogens with one attached hydrogen (secondary N) is 1. The fraction of sp³-hybridized carbons (Fsp3) is 0.250. The molecule has 2 aromatic heterocycles. The molecule has 2 aromatic carbocycles. The number of rotatable bonds is 4. The van der Waals surface area contributed by atoms with E-state index in [-0.39, 0.29) is 17.5 Å². The van der Waals surface area contributed by atoms with Crippen LogP contribution in [0.15, 0.2) is 65.5 Å². The van der Waals surface area contributed by atoms with Crippen LogP contribution in [0.1, 0.15) is 29.2 Å². The highest BCUT2D eigenvalue weighted by Gasteiger charge is 2.26. The van der Waals surface area contributed by atoms with E-state index in [9.17, 15) is 14.0 Å². The van der Waals surface area contributed by atoms with Crippen LogP contribution in [-0.4, -0.2) is 43.6 Å². The first-order valence-electron chi connectivity index (χ1n) is 10.7. The van der Waals surface area contributed by atoms with Crippen molar-refractivity contribution in [1.82, 2.24) is 24.6 Å². The summed E-state index contributed by atoms with van der Waals surface area (Å²) in [4.78, 5) is 31.5. The number of hydrogen-bond donors (Lipinski definition) is 1. The number of para-hydroxylation sites is 2. The lowest BCUT2D eigenvalue weighted by molar-refractivity contribution is 0.0684. The van der Waals surface area contributed by atoms with Crippen LogP contribution in [0.2, 0.25) is 0 Å². The van der Waals surface area contributed by atoms with Gasteiger partial charge in [-0.3, -0.25) is 4.79 Å². The number of carbonyl (C=O) groups is 1. The lowest BCUT2D eigenvalue weighted by Gasteiger charge is -2.31. The predicted octanol–water partition coefficient (Wildman–Crippen LogP) is 3.34. The summed E-state index contributed by atoms with van der Waals surface area (Å²) in [6.45, 7) is 1.21. The zero-order valence-corrected chi connectivity index (χ0v) is 17.4. The smallest absolute Gasteiger partial charge is 0.337 e. The van der Waals surface area contributed by atoms with Gasteiger partial charge >= 0.3 is 5.69 Å². The van der Waals surface area contributed by atoms with Crippen molar-refractivity contribution in [2.45, 2.75) is 19.3 Å². The Morgan fingerprint density at radius 2 is 1.78 bits per heavy atom. The summed E-state index contributed by atoms with van der Waals surface area (Å²) >= 11 is 0. The molecule has 1 aliphatic rings. The van der Waals surface area contributed by atoms with E-state index in [1.807, 2.05) is 35.2 Å². The molecule has 7 nitrogen and oxygen atoms in total. The first-order valence-corrected chi connectivity index (χ1v) is 10.7. The Morgan fingerprint density at radius 3 is 2.59 bits per heavy atom. The van der Waals surface area contributed by atoms with Crippen molar-refractivity contribution in [2.24, 2.45) is 5.92 Å². The van der Waals surface area contributed by atoms with Gasteiger partial charge in [-0.2, -0.15) is 5.10 Å². The zero-order chi connectivity index (χ0) is 22.1. The number of amides is 1. The number of piperidine rings is 1. The Bertz CT molecular complexity index is 1340. The number of halogens is 1. The highest BCUT2D eigenvalue weighted by Crippen LogP contribution is 2.23. The molecule has 8 heteroatoms. The van der Waals surface area contributed by atoms with Crippen LogP contribution in [0.3, 0.4) is 0 Å². The van der Waals surface area contributed by atoms with Gasteiger partial charge in [-0.25, -0.2) is 23.8 Å². The van der Waals surface area contributed by atoms with Crippen LogP contribution >= 0.6 is 0 Å². The normalized spacial score (nSPS) is 14.7. The molecule has 1 amide bonds. The fourth-order valence-electron chi connectivity index (χ4n) is 4.29. The number of aromatic nitrogens is 4. The number of carbonyl (C=O) groups excluding carboxylic acids is 1. The summed E-state index contributed by atoms with van der Waals surface area (Å²) in [7, 11) is 0. The molecule has 1 N–H and O–H groups in total. The third-order valence-electron chi connectivity index (χ3n) is 6.03. The maximum atomic E-state index is 14.2. The molecule has 0 unspecified atom stereocenters. The summed E-state index contributed by atoms with van der Waals surface area (Å²) in [6.07, 6.45) is 2.08. The van der Waals surface area contributed by atoms with E-state index < -0.39 is 11.5 Å². The number of benzene rings is 2. The molecule has 3 heterocycles. The lowest BCUT2D eigenvalue weighted by Crippen LogP contribution is -2.39. The Labute approximate surface area is 183 Å². The second-order valence-corrected chi connectivity index (χ2v) is 8.06. The molecule has 0 bridgehead atoms. The molecule has 0 saturated carbocycles. The van der Waals surface area contributed by atoms with E-state index in [2.05, 4.69) is 15.2 Å². The third-order valence-corrected chi connectivity index (χ3v) is 6.03. The summed E-state index contributed by atoms with van der Waals surface area (Å²) in [6, 6.07) is 17.6. The first-order chi connectivity index (χ1) is 15.6. The van der Waals surface area contributed by atoms with Gasteiger partial charge in [0.25, 0.3) is 5.91 Å². The van der Waals surface area contributed by atoms with E-state index in [1.165, 1.54) is 10.6 Å². The van der Waals surface area contributed by atoms with Gasteiger partial charge in [0.2, 0.25) is 0 Å². The maximum absolute atomic E-state index is 14.2. The highest BCUT2D eigenvalue weighted by atomic mass is 19.1. The molecule has 5 rings (SSSR count). The van der Waals surface area contributed by atoms with E-state index in [4.69, 9.17) is 0 Å². The van der Waals surface area contributed by atoms with Gasteiger partial charge in [-0.1, -0.05) is 36.4 Å². The number of hydrogen-bond acceptors (Lipinski definition) is 4. The molecule has 1 aliphatic heterocycles. The van der Waals surface area contributed by atoms with Gasteiger partial charge < -0.3 is 4.90 Å². The molecule has 1 fully saturated rings. The first kappa shape index (κ1) is 20.1. The number of H-pyrrole nitrogens is 1. The summed E-state index contributed by atoms with van der Waals surface area (Å²) < 4.78 is 15.5. The Balaban J connectivity index is 1.27. The molecule has 0 radical (unpaired) electrons. The van der Waals surface area contributed by atoms with Crippen molar-refractivity contribution >= 4 is 16.8 Å². The second-order valence-electron chi connectivity index (χ2n) is 8.06. The maximum Gasteiger partial charge on any atom is 0.348 e. The molecular formula is C24H22FN5O2. The second kappa shape index (κ2) is 8.37. The molecule has 1 saturated heterocycles. The molecular weight excluding hydrogens is 409 g/mol. The van der Waals surface area contributed by atoms with Crippen LogP contribution in [0, 0.1) is 11.7 Å². The number of likely N-dealkylation sites (tertiary alicyclic amines) is 1. The van der Waals surface area contributed by atoms with Gasteiger partial charge in [0.15, 0.2) is 0 Å². The fourth-order valence-corrected chi connectivity index (χ4v) is 4.29. The largest absolute Gasteiger partial charge is 0.348 e. The standard InChI is InChI=1S/C24H22FN5O2/c25-18-6-2-4-8-21(18)30-22(27-28-24(30)32)15-16-11-13-29(14-12-16)23(31)20-10-9-17-5-1-3-7-19(17)26-20/h1-10,16H,11-15H2,(H,28,32). The Morgan fingerprint density at radius 1 is 1.03 bits per heavy atom. The summed E-state index contributed by atoms with van der Waals surface area (Å²) in [5.74, 6) is 0.197. The third kappa shape index (κ3) is 3.79. The summed E-state index contributed by atoms with van der Waals surface area (Å²) in [5.41, 5.74) is 0.983. The minimum absolute atomic E-state index is 0.0720. The van der Waals surface area contributed by atoms with Crippen molar-refractivity contribution in [3.63, 3.8) is 0 Å². The minimum atomic E-state index is -0.472. The Kier molecular flexibility index (Phi) is 5.26. The van der Waals surface area contributed by atoms with E-state index >= 15 is 0 Å². The van der Waals surface area contributed by atoms with E-state index in [0.29, 0.717) is 31.0 Å². The number of fused-ring (bicyclic) bond motifs is 1. The predicted molar refractivity (Wildman–Crippen MR) is 118 cm³/mol. The number of nitrogens with zero attached hydrogens (tertiary/aromatic N) is 4. The van der Waals surface area contributed by atoms with Gasteiger partial charge in [0.05, 0.1) is 11.2 Å². The van der Waals surface area contributed by atoms with E-state index in [1.54, 1.807) is 24.3 Å². The SMILES string of the molecule is O=C(c1ccc2ccccc2n1)N1CCC(Cc2n[nH]c(=O)n2-c2ccccc2F)CC1. The summed E-state index contributed by atoms with van der Waals surface area (Å²) in [5, 5.41) is 7.56.